The van der Waals surface area contributed by atoms with Gasteiger partial charge in [-0.2, -0.15) is 0 Å². The number of benzene rings is 3. The summed E-state index contributed by atoms with van der Waals surface area (Å²) in [5.41, 5.74) is 1.73. The van der Waals surface area contributed by atoms with Crippen molar-refractivity contribution in [2.75, 3.05) is 10.2 Å². The molecule has 5 heteroatoms. The SMILES string of the molecule is O=C(Nc1cccc(F)c1)C(=O)N(Cc1ccccc1)c1ccccc1. The Hall–Kier alpha value is -3.47. The first-order valence-corrected chi connectivity index (χ1v) is 8.11. The van der Waals surface area contributed by atoms with Crippen LogP contribution in [0.2, 0.25) is 0 Å². The van der Waals surface area contributed by atoms with Gasteiger partial charge < -0.3 is 5.32 Å². The summed E-state index contributed by atoms with van der Waals surface area (Å²) in [4.78, 5) is 26.6. The van der Waals surface area contributed by atoms with Crippen molar-refractivity contribution in [3.05, 3.63) is 96.3 Å². The van der Waals surface area contributed by atoms with Gasteiger partial charge >= 0.3 is 11.8 Å². The fourth-order valence-corrected chi connectivity index (χ4v) is 2.53. The van der Waals surface area contributed by atoms with Crippen LogP contribution in [0.5, 0.6) is 0 Å². The molecule has 0 spiro atoms. The van der Waals surface area contributed by atoms with E-state index >= 15 is 0 Å². The summed E-state index contributed by atoms with van der Waals surface area (Å²) < 4.78 is 13.3. The van der Waals surface area contributed by atoms with Gasteiger partial charge in [0.2, 0.25) is 0 Å². The van der Waals surface area contributed by atoms with E-state index in [1.807, 2.05) is 36.4 Å². The van der Waals surface area contributed by atoms with Crippen LogP contribution in [-0.2, 0) is 16.1 Å². The van der Waals surface area contributed by atoms with Crippen molar-refractivity contribution >= 4 is 23.2 Å². The molecule has 4 nitrogen and oxygen atoms in total. The van der Waals surface area contributed by atoms with Crippen LogP contribution < -0.4 is 10.2 Å². The summed E-state index contributed by atoms with van der Waals surface area (Å²) in [6, 6.07) is 23.8. The van der Waals surface area contributed by atoms with Crippen LogP contribution >= 0.6 is 0 Å². The second kappa shape index (κ2) is 8.07. The minimum absolute atomic E-state index is 0.232. The van der Waals surface area contributed by atoms with E-state index in [4.69, 9.17) is 0 Å². The quantitative estimate of drug-likeness (QED) is 0.725. The van der Waals surface area contributed by atoms with Crippen molar-refractivity contribution in [1.82, 2.24) is 0 Å². The van der Waals surface area contributed by atoms with Crippen LogP contribution in [0, 0.1) is 5.82 Å². The van der Waals surface area contributed by atoms with E-state index in [0.717, 1.165) is 11.6 Å². The number of nitrogens with one attached hydrogen (secondary N) is 1. The fourth-order valence-electron chi connectivity index (χ4n) is 2.53. The van der Waals surface area contributed by atoms with E-state index in [2.05, 4.69) is 5.32 Å². The zero-order chi connectivity index (χ0) is 18.4. The molecule has 1 N–H and O–H groups in total. The van der Waals surface area contributed by atoms with E-state index in [1.165, 1.54) is 23.1 Å². The number of para-hydroxylation sites is 1. The molecule has 0 aliphatic rings. The Labute approximate surface area is 150 Å². The molecule has 0 unspecified atom stereocenters. The average molecular weight is 348 g/mol. The van der Waals surface area contributed by atoms with E-state index in [-0.39, 0.29) is 12.2 Å². The molecule has 0 aromatic heterocycles. The maximum atomic E-state index is 13.3. The number of hydrogen-bond donors (Lipinski definition) is 1. The first-order valence-electron chi connectivity index (χ1n) is 8.11. The number of carbonyl (C=O) groups is 2. The van der Waals surface area contributed by atoms with Gasteiger partial charge in [0.25, 0.3) is 0 Å². The second-order valence-corrected chi connectivity index (χ2v) is 5.68. The van der Waals surface area contributed by atoms with Gasteiger partial charge in [0.1, 0.15) is 5.82 Å². The Morgan fingerprint density at radius 3 is 2.15 bits per heavy atom. The summed E-state index contributed by atoms with van der Waals surface area (Å²) in [6.45, 7) is 0.250. The van der Waals surface area contributed by atoms with Crippen molar-refractivity contribution in [2.45, 2.75) is 6.54 Å². The Kier molecular flexibility index (Phi) is 5.39. The van der Waals surface area contributed by atoms with Gasteiger partial charge in [0, 0.05) is 11.4 Å². The van der Waals surface area contributed by atoms with Crippen LogP contribution in [0.15, 0.2) is 84.9 Å². The van der Waals surface area contributed by atoms with Crippen molar-refractivity contribution in [3.63, 3.8) is 0 Å². The first-order chi connectivity index (χ1) is 12.6. The van der Waals surface area contributed by atoms with Crippen molar-refractivity contribution < 1.29 is 14.0 Å². The third kappa shape index (κ3) is 4.33. The number of amides is 2. The van der Waals surface area contributed by atoms with Gasteiger partial charge in [-0.3, -0.25) is 14.5 Å². The lowest BCUT2D eigenvalue weighted by Crippen LogP contribution is -2.39. The summed E-state index contributed by atoms with van der Waals surface area (Å²) >= 11 is 0. The number of anilines is 2. The number of halogens is 1. The van der Waals surface area contributed by atoms with Crippen LogP contribution in [-0.4, -0.2) is 11.8 Å². The third-order valence-electron chi connectivity index (χ3n) is 3.77. The molecule has 130 valence electrons. The van der Waals surface area contributed by atoms with Gasteiger partial charge in [-0.05, 0) is 35.9 Å². The zero-order valence-corrected chi connectivity index (χ0v) is 13.9. The Morgan fingerprint density at radius 2 is 1.50 bits per heavy atom. The molecule has 3 aromatic carbocycles. The lowest BCUT2D eigenvalue weighted by molar-refractivity contribution is -0.134. The molecular weight excluding hydrogens is 331 g/mol. The summed E-state index contributed by atoms with van der Waals surface area (Å²) in [6.07, 6.45) is 0. The minimum Gasteiger partial charge on any atom is -0.318 e. The molecule has 0 atom stereocenters. The molecule has 26 heavy (non-hydrogen) atoms. The van der Waals surface area contributed by atoms with Gasteiger partial charge in [0.15, 0.2) is 0 Å². The van der Waals surface area contributed by atoms with Gasteiger partial charge in [-0.1, -0.05) is 54.6 Å². The standard InChI is InChI=1S/C21H17FN2O2/c22-17-10-7-11-18(14-17)23-20(25)21(26)24(19-12-5-2-6-13-19)15-16-8-3-1-4-9-16/h1-14H,15H2,(H,23,25). The predicted octanol–water partition coefficient (Wildman–Crippen LogP) is 4.00. The van der Waals surface area contributed by atoms with Gasteiger partial charge in [-0.25, -0.2) is 4.39 Å². The summed E-state index contributed by atoms with van der Waals surface area (Å²) in [5.74, 6) is -2.03. The van der Waals surface area contributed by atoms with Crippen molar-refractivity contribution in [3.8, 4) is 0 Å². The molecular formula is C21H17FN2O2. The van der Waals surface area contributed by atoms with Crippen LogP contribution in [0.3, 0.4) is 0 Å². The smallest absolute Gasteiger partial charge is 0.316 e. The van der Waals surface area contributed by atoms with E-state index in [0.29, 0.717) is 5.69 Å². The lowest BCUT2D eigenvalue weighted by atomic mass is 10.2. The highest BCUT2D eigenvalue weighted by Crippen LogP contribution is 2.18. The normalized spacial score (nSPS) is 10.2. The molecule has 3 aromatic rings. The highest BCUT2D eigenvalue weighted by Gasteiger charge is 2.23. The Balaban J connectivity index is 1.83. The van der Waals surface area contributed by atoms with E-state index in [1.54, 1.807) is 24.3 Å². The molecule has 2 amide bonds. The van der Waals surface area contributed by atoms with E-state index < -0.39 is 17.6 Å². The molecule has 0 bridgehead atoms. The number of carbonyl (C=O) groups excluding carboxylic acids is 2. The Morgan fingerprint density at radius 1 is 0.846 bits per heavy atom. The van der Waals surface area contributed by atoms with Crippen LogP contribution in [0.4, 0.5) is 15.8 Å². The predicted molar refractivity (Wildman–Crippen MR) is 99.1 cm³/mol. The number of rotatable bonds is 4. The molecule has 0 aliphatic carbocycles. The van der Waals surface area contributed by atoms with Crippen molar-refractivity contribution in [2.24, 2.45) is 0 Å². The summed E-state index contributed by atoms with van der Waals surface area (Å²) in [7, 11) is 0. The number of hydrogen-bond acceptors (Lipinski definition) is 2. The average Bonchev–Trinajstić information content (AvgIpc) is 2.67. The molecule has 0 saturated carbocycles. The van der Waals surface area contributed by atoms with Gasteiger partial charge in [0.05, 0.1) is 6.54 Å². The molecule has 0 fully saturated rings. The van der Waals surface area contributed by atoms with E-state index in [9.17, 15) is 14.0 Å². The lowest BCUT2D eigenvalue weighted by Gasteiger charge is -2.22. The first kappa shape index (κ1) is 17.4. The highest BCUT2D eigenvalue weighted by molar-refractivity contribution is 6.44. The fraction of sp³-hybridized carbons (Fsp3) is 0.0476. The number of nitrogens with zero attached hydrogens (tertiary/aromatic N) is 1. The largest absolute Gasteiger partial charge is 0.318 e. The molecule has 3 rings (SSSR count). The maximum absolute atomic E-state index is 13.3. The second-order valence-electron chi connectivity index (χ2n) is 5.68. The van der Waals surface area contributed by atoms with Gasteiger partial charge in [-0.15, -0.1) is 0 Å². The van der Waals surface area contributed by atoms with Crippen LogP contribution in [0.1, 0.15) is 5.56 Å². The molecule has 0 heterocycles. The molecule has 0 saturated heterocycles. The monoisotopic (exact) mass is 348 g/mol. The van der Waals surface area contributed by atoms with Crippen molar-refractivity contribution in [1.29, 1.82) is 0 Å². The zero-order valence-electron chi connectivity index (χ0n) is 13.9. The summed E-state index contributed by atoms with van der Waals surface area (Å²) in [5, 5.41) is 2.45. The maximum Gasteiger partial charge on any atom is 0.316 e. The molecule has 0 aliphatic heterocycles. The minimum atomic E-state index is -0.824. The third-order valence-corrected chi connectivity index (χ3v) is 3.77. The Bertz CT molecular complexity index is 898. The topological polar surface area (TPSA) is 49.4 Å². The van der Waals surface area contributed by atoms with Crippen LogP contribution in [0.25, 0.3) is 0 Å². The molecule has 0 radical (unpaired) electrons. The highest BCUT2D eigenvalue weighted by atomic mass is 19.1.